The van der Waals surface area contributed by atoms with E-state index < -0.39 is 23.6 Å². The molecule has 0 aromatic heterocycles. The molecule has 9 heteroatoms. The fourth-order valence-electron chi connectivity index (χ4n) is 2.77. The molecule has 8 nitrogen and oxygen atoms in total. The molecule has 0 spiro atoms. The number of nitrogens with two attached hydrogens (primary N) is 1. The third kappa shape index (κ3) is 5.73. The normalized spacial score (nSPS) is 14.8. The van der Waals surface area contributed by atoms with Crippen LogP contribution in [0, 0.1) is 13.8 Å². The summed E-state index contributed by atoms with van der Waals surface area (Å²) >= 11 is 0.746. The van der Waals surface area contributed by atoms with E-state index in [1.807, 2.05) is 32.0 Å². The summed E-state index contributed by atoms with van der Waals surface area (Å²) in [6.45, 7) is 3.37. The summed E-state index contributed by atoms with van der Waals surface area (Å²) in [4.78, 5) is 48.2. The van der Waals surface area contributed by atoms with Gasteiger partial charge in [-0.05, 0) is 72.6 Å². The minimum atomic E-state index is -0.758. The zero-order chi connectivity index (χ0) is 22.5. The molecule has 0 unspecified atom stereocenters. The van der Waals surface area contributed by atoms with Crippen LogP contribution in [-0.4, -0.2) is 41.0 Å². The Bertz CT molecular complexity index is 1080. The molecule has 1 saturated heterocycles. The number of nitrogens with zero attached hydrogens (tertiary/aromatic N) is 1. The Balaban J connectivity index is 1.56. The number of primary amides is 1. The molecular weight excluding hydrogens is 418 g/mol. The number of carbonyl (C=O) groups is 4. The highest BCUT2D eigenvalue weighted by Gasteiger charge is 2.35. The van der Waals surface area contributed by atoms with Gasteiger partial charge in [0.15, 0.2) is 6.61 Å². The number of hydrogen-bond donors (Lipinski definition) is 2. The molecule has 31 heavy (non-hydrogen) atoms. The van der Waals surface area contributed by atoms with Crippen molar-refractivity contribution >= 4 is 46.5 Å². The van der Waals surface area contributed by atoms with Gasteiger partial charge in [-0.3, -0.25) is 24.1 Å². The monoisotopic (exact) mass is 439 g/mol. The van der Waals surface area contributed by atoms with Crippen LogP contribution in [0.15, 0.2) is 47.4 Å². The van der Waals surface area contributed by atoms with Gasteiger partial charge in [-0.25, -0.2) is 0 Å². The summed E-state index contributed by atoms with van der Waals surface area (Å²) in [7, 11) is 0. The van der Waals surface area contributed by atoms with Crippen LogP contribution in [0.2, 0.25) is 0 Å². The van der Waals surface area contributed by atoms with Crippen molar-refractivity contribution in [3.8, 4) is 5.75 Å². The molecule has 3 N–H and O–H groups in total. The lowest BCUT2D eigenvalue weighted by molar-refractivity contribution is -0.127. The highest BCUT2D eigenvalue weighted by molar-refractivity contribution is 8.18. The highest BCUT2D eigenvalue weighted by Crippen LogP contribution is 2.32. The Kier molecular flexibility index (Phi) is 6.76. The molecule has 0 radical (unpaired) electrons. The van der Waals surface area contributed by atoms with E-state index in [4.69, 9.17) is 10.5 Å². The minimum absolute atomic E-state index is 0.154. The summed E-state index contributed by atoms with van der Waals surface area (Å²) in [6, 6.07) is 12.4. The van der Waals surface area contributed by atoms with Crippen LogP contribution in [-0.2, 0) is 14.4 Å². The van der Waals surface area contributed by atoms with Crippen molar-refractivity contribution < 1.29 is 23.9 Å². The van der Waals surface area contributed by atoms with Crippen LogP contribution >= 0.6 is 11.8 Å². The first-order valence-corrected chi connectivity index (χ1v) is 10.2. The number of aryl methyl sites for hydroxylation is 2. The largest absolute Gasteiger partial charge is 0.484 e. The van der Waals surface area contributed by atoms with Gasteiger partial charge in [0.05, 0.1) is 4.91 Å². The predicted octanol–water partition coefficient (Wildman–Crippen LogP) is 2.84. The van der Waals surface area contributed by atoms with Gasteiger partial charge < -0.3 is 15.8 Å². The Morgan fingerprint density at radius 3 is 2.45 bits per heavy atom. The highest BCUT2D eigenvalue weighted by atomic mass is 32.2. The number of thioether (sulfide) groups is 1. The number of rotatable bonds is 7. The molecular formula is C22H21N3O5S. The molecule has 1 aliphatic heterocycles. The zero-order valence-corrected chi connectivity index (χ0v) is 17.8. The van der Waals surface area contributed by atoms with Crippen molar-refractivity contribution in [2.45, 2.75) is 13.8 Å². The molecule has 0 aliphatic carbocycles. The molecule has 4 amide bonds. The van der Waals surface area contributed by atoms with E-state index in [1.165, 1.54) is 0 Å². The van der Waals surface area contributed by atoms with Crippen molar-refractivity contribution in [3.63, 3.8) is 0 Å². The second-order valence-corrected chi connectivity index (χ2v) is 7.93. The van der Waals surface area contributed by atoms with Gasteiger partial charge in [-0.15, -0.1) is 0 Å². The van der Waals surface area contributed by atoms with Crippen LogP contribution in [0.5, 0.6) is 5.75 Å². The molecule has 2 aromatic rings. The lowest BCUT2D eigenvalue weighted by Crippen LogP contribution is -2.36. The summed E-state index contributed by atoms with van der Waals surface area (Å²) in [6.07, 6.45) is 1.54. The maximum absolute atomic E-state index is 12.2. The SMILES string of the molecule is Cc1ccc(NC(=O)COc2ccc(/C=C3\SC(=O)N(CC(N)=O)C3=O)cc2)cc1C. The maximum atomic E-state index is 12.2. The van der Waals surface area contributed by atoms with E-state index in [-0.39, 0.29) is 17.4 Å². The molecule has 1 heterocycles. The number of benzene rings is 2. The van der Waals surface area contributed by atoms with Crippen LogP contribution in [0.25, 0.3) is 6.08 Å². The molecule has 0 atom stereocenters. The van der Waals surface area contributed by atoms with Crippen LogP contribution < -0.4 is 15.8 Å². The number of anilines is 1. The van der Waals surface area contributed by atoms with Crippen LogP contribution in [0.3, 0.4) is 0 Å². The van der Waals surface area contributed by atoms with Gasteiger partial charge >= 0.3 is 0 Å². The maximum Gasteiger partial charge on any atom is 0.294 e. The van der Waals surface area contributed by atoms with Gasteiger partial charge in [-0.1, -0.05) is 18.2 Å². The third-order valence-corrected chi connectivity index (χ3v) is 5.43. The third-order valence-electron chi connectivity index (χ3n) is 4.53. The Labute approximate surface area is 183 Å². The number of ether oxygens (including phenoxy) is 1. The van der Waals surface area contributed by atoms with Gasteiger partial charge in [0.2, 0.25) is 5.91 Å². The average Bonchev–Trinajstić information content (AvgIpc) is 2.97. The molecule has 160 valence electrons. The summed E-state index contributed by atoms with van der Waals surface area (Å²) in [5.41, 5.74) is 8.66. The van der Waals surface area contributed by atoms with Crippen molar-refractivity contribution in [2.24, 2.45) is 5.73 Å². The summed E-state index contributed by atoms with van der Waals surface area (Å²) < 4.78 is 5.50. The van der Waals surface area contributed by atoms with Crippen molar-refractivity contribution in [2.75, 3.05) is 18.5 Å². The summed E-state index contributed by atoms with van der Waals surface area (Å²) in [5, 5.41) is 2.25. The molecule has 2 aromatic carbocycles. The smallest absolute Gasteiger partial charge is 0.294 e. The van der Waals surface area contributed by atoms with Gasteiger partial charge in [0.1, 0.15) is 12.3 Å². The Hall–Kier alpha value is -3.59. The number of amides is 4. The number of carbonyl (C=O) groups excluding carboxylic acids is 4. The quantitative estimate of drug-likeness (QED) is 0.641. The number of imide groups is 1. The van der Waals surface area contributed by atoms with Gasteiger partial charge in [-0.2, -0.15) is 0 Å². The van der Waals surface area contributed by atoms with Gasteiger partial charge in [0, 0.05) is 5.69 Å². The first kappa shape index (κ1) is 22.1. The fourth-order valence-corrected chi connectivity index (χ4v) is 3.61. The first-order valence-electron chi connectivity index (χ1n) is 9.36. The minimum Gasteiger partial charge on any atom is -0.484 e. The van der Waals surface area contributed by atoms with E-state index >= 15 is 0 Å². The second kappa shape index (κ2) is 9.48. The van der Waals surface area contributed by atoms with E-state index in [2.05, 4.69) is 5.32 Å². The first-order chi connectivity index (χ1) is 14.7. The average molecular weight is 439 g/mol. The van der Waals surface area contributed by atoms with E-state index in [0.29, 0.717) is 17.0 Å². The Morgan fingerprint density at radius 2 is 1.81 bits per heavy atom. The summed E-state index contributed by atoms with van der Waals surface area (Å²) in [5.74, 6) is -1.12. The van der Waals surface area contributed by atoms with Gasteiger partial charge in [0.25, 0.3) is 17.1 Å². The molecule has 3 rings (SSSR count). The molecule has 1 aliphatic rings. The molecule has 0 saturated carbocycles. The van der Waals surface area contributed by atoms with E-state index in [9.17, 15) is 19.2 Å². The lowest BCUT2D eigenvalue weighted by Gasteiger charge is -2.09. The van der Waals surface area contributed by atoms with Crippen LogP contribution in [0.1, 0.15) is 16.7 Å². The van der Waals surface area contributed by atoms with Crippen molar-refractivity contribution in [1.82, 2.24) is 4.90 Å². The second-order valence-electron chi connectivity index (χ2n) is 6.94. The molecule has 1 fully saturated rings. The molecule has 0 bridgehead atoms. The van der Waals surface area contributed by atoms with Crippen molar-refractivity contribution in [3.05, 3.63) is 64.1 Å². The zero-order valence-electron chi connectivity index (χ0n) is 17.0. The fraction of sp³-hybridized carbons (Fsp3) is 0.182. The topological polar surface area (TPSA) is 119 Å². The van der Waals surface area contributed by atoms with Crippen molar-refractivity contribution in [1.29, 1.82) is 0 Å². The van der Waals surface area contributed by atoms with E-state index in [1.54, 1.807) is 30.3 Å². The standard InChI is InChI=1S/C22H21N3O5S/c1-13-3-6-16(9-14(13)2)24-20(27)12-30-17-7-4-15(5-8-17)10-18-21(28)25(11-19(23)26)22(29)31-18/h3-10H,11-12H2,1-2H3,(H2,23,26)(H,24,27)/b18-10-. The number of nitrogens with one attached hydrogen (secondary N) is 1. The van der Waals surface area contributed by atoms with E-state index in [0.717, 1.165) is 27.8 Å². The number of hydrogen-bond acceptors (Lipinski definition) is 6. The Morgan fingerprint density at radius 1 is 1.10 bits per heavy atom. The van der Waals surface area contributed by atoms with Crippen LogP contribution in [0.4, 0.5) is 10.5 Å². The predicted molar refractivity (Wildman–Crippen MR) is 118 cm³/mol. The lowest BCUT2D eigenvalue weighted by atomic mass is 10.1.